The monoisotopic (exact) mass is 319 g/mol. The van der Waals surface area contributed by atoms with Gasteiger partial charge in [-0.3, -0.25) is 4.79 Å². The molecule has 2 aromatic rings. The molecule has 0 fully saturated rings. The Kier molecular flexibility index (Phi) is 4.58. The van der Waals surface area contributed by atoms with Gasteiger partial charge in [0.05, 0.1) is 4.47 Å². The molecule has 2 aromatic carbocycles. The van der Waals surface area contributed by atoms with E-state index in [2.05, 4.69) is 21.2 Å². The van der Waals surface area contributed by atoms with Gasteiger partial charge in [-0.15, -0.1) is 0 Å². The summed E-state index contributed by atoms with van der Waals surface area (Å²) in [5, 5.41) is 2.76. The molecule has 4 heteroatoms. The number of benzene rings is 2. The van der Waals surface area contributed by atoms with Gasteiger partial charge >= 0.3 is 0 Å². The van der Waals surface area contributed by atoms with Crippen LogP contribution in [0.2, 0.25) is 0 Å². The van der Waals surface area contributed by atoms with Crippen molar-refractivity contribution in [2.45, 2.75) is 6.92 Å². The molecule has 0 aliphatic carbocycles. The molecule has 0 spiro atoms. The fourth-order valence-corrected chi connectivity index (χ4v) is 2.19. The molecule has 0 radical (unpaired) electrons. The lowest BCUT2D eigenvalue weighted by Crippen LogP contribution is -2.20. The number of aryl methyl sites for hydroxylation is 1. The van der Waals surface area contributed by atoms with Gasteiger partial charge in [-0.1, -0.05) is 24.3 Å². The Labute approximate surface area is 120 Å². The molecule has 98 valence electrons. The Bertz CT molecular complexity index is 570. The highest BCUT2D eigenvalue weighted by Crippen LogP contribution is 2.25. The molecule has 3 nitrogen and oxygen atoms in total. The summed E-state index contributed by atoms with van der Waals surface area (Å²) >= 11 is 3.41. The summed E-state index contributed by atoms with van der Waals surface area (Å²) in [7, 11) is 0. The van der Waals surface area contributed by atoms with Gasteiger partial charge in [0.25, 0.3) is 5.91 Å². The number of anilines is 1. The van der Waals surface area contributed by atoms with Crippen LogP contribution in [0.25, 0.3) is 0 Å². The standard InChI is InChI=1S/C15H14BrNO2/c1-11-7-8-14(13(16)9-11)19-10-15(18)17-12-5-3-2-4-6-12/h2-9H,10H2,1H3,(H,17,18). The zero-order valence-corrected chi connectivity index (χ0v) is 12.1. The van der Waals surface area contributed by atoms with Crippen molar-refractivity contribution in [3.05, 3.63) is 58.6 Å². The average molecular weight is 320 g/mol. The van der Waals surface area contributed by atoms with Gasteiger partial charge < -0.3 is 10.1 Å². The molecular formula is C15H14BrNO2. The van der Waals surface area contributed by atoms with Crippen molar-refractivity contribution in [2.75, 3.05) is 11.9 Å². The summed E-state index contributed by atoms with van der Waals surface area (Å²) in [6.45, 7) is 1.98. The fourth-order valence-electron chi connectivity index (χ4n) is 1.58. The van der Waals surface area contributed by atoms with Crippen molar-refractivity contribution in [2.24, 2.45) is 0 Å². The quantitative estimate of drug-likeness (QED) is 0.931. The Morgan fingerprint density at radius 3 is 2.63 bits per heavy atom. The lowest BCUT2D eigenvalue weighted by Gasteiger charge is -2.09. The van der Waals surface area contributed by atoms with Crippen molar-refractivity contribution in [1.82, 2.24) is 0 Å². The summed E-state index contributed by atoms with van der Waals surface area (Å²) in [5.41, 5.74) is 1.90. The maximum absolute atomic E-state index is 11.7. The largest absolute Gasteiger partial charge is 0.483 e. The molecule has 0 saturated carbocycles. The molecule has 0 saturated heterocycles. The van der Waals surface area contributed by atoms with E-state index in [1.54, 1.807) is 0 Å². The van der Waals surface area contributed by atoms with Crippen LogP contribution in [-0.2, 0) is 4.79 Å². The van der Waals surface area contributed by atoms with Crippen LogP contribution >= 0.6 is 15.9 Å². The maximum atomic E-state index is 11.7. The van der Waals surface area contributed by atoms with Crippen molar-refractivity contribution >= 4 is 27.5 Å². The second-order valence-corrected chi connectivity index (χ2v) is 4.99. The van der Waals surface area contributed by atoms with Crippen LogP contribution in [0.15, 0.2) is 53.0 Å². The molecular weight excluding hydrogens is 306 g/mol. The summed E-state index contributed by atoms with van der Waals surface area (Å²) in [6, 6.07) is 15.0. The molecule has 19 heavy (non-hydrogen) atoms. The number of hydrogen-bond donors (Lipinski definition) is 1. The van der Waals surface area contributed by atoms with Crippen LogP contribution < -0.4 is 10.1 Å². The lowest BCUT2D eigenvalue weighted by molar-refractivity contribution is -0.118. The summed E-state index contributed by atoms with van der Waals surface area (Å²) < 4.78 is 6.31. The second-order valence-electron chi connectivity index (χ2n) is 4.14. The van der Waals surface area contributed by atoms with Crippen LogP contribution in [-0.4, -0.2) is 12.5 Å². The number of para-hydroxylation sites is 1. The number of nitrogens with one attached hydrogen (secondary N) is 1. The van der Waals surface area contributed by atoms with E-state index in [-0.39, 0.29) is 12.5 Å². The van der Waals surface area contributed by atoms with Gasteiger partial charge in [0.1, 0.15) is 5.75 Å². The zero-order valence-electron chi connectivity index (χ0n) is 10.5. The van der Waals surface area contributed by atoms with Gasteiger partial charge in [0.2, 0.25) is 0 Å². The Morgan fingerprint density at radius 2 is 1.95 bits per heavy atom. The predicted octanol–water partition coefficient (Wildman–Crippen LogP) is 3.78. The van der Waals surface area contributed by atoms with Crippen molar-refractivity contribution in [1.29, 1.82) is 0 Å². The minimum Gasteiger partial charge on any atom is -0.483 e. The Hall–Kier alpha value is -1.81. The van der Waals surface area contributed by atoms with Gasteiger partial charge in [-0.2, -0.15) is 0 Å². The summed E-state index contributed by atoms with van der Waals surface area (Å²) in [6.07, 6.45) is 0. The van der Waals surface area contributed by atoms with E-state index >= 15 is 0 Å². The highest BCUT2D eigenvalue weighted by Gasteiger charge is 2.06. The molecule has 0 bridgehead atoms. The maximum Gasteiger partial charge on any atom is 0.262 e. The number of hydrogen-bond acceptors (Lipinski definition) is 2. The molecule has 2 rings (SSSR count). The van der Waals surface area contributed by atoms with Crippen LogP contribution in [0.1, 0.15) is 5.56 Å². The highest BCUT2D eigenvalue weighted by atomic mass is 79.9. The molecule has 0 unspecified atom stereocenters. The average Bonchev–Trinajstić information content (AvgIpc) is 2.39. The summed E-state index contributed by atoms with van der Waals surface area (Å²) in [4.78, 5) is 11.7. The molecule has 0 aliphatic heterocycles. The molecule has 0 atom stereocenters. The first-order valence-corrected chi connectivity index (χ1v) is 6.68. The van der Waals surface area contributed by atoms with E-state index in [0.29, 0.717) is 5.75 Å². The molecule has 0 aromatic heterocycles. The molecule has 0 heterocycles. The third-order valence-corrected chi connectivity index (χ3v) is 3.12. The molecule has 0 aliphatic rings. The molecule has 1 N–H and O–H groups in total. The van der Waals surface area contributed by atoms with Crippen molar-refractivity contribution in [3.63, 3.8) is 0 Å². The van der Waals surface area contributed by atoms with Gasteiger partial charge in [0.15, 0.2) is 6.61 Å². The fraction of sp³-hybridized carbons (Fsp3) is 0.133. The first-order valence-electron chi connectivity index (χ1n) is 5.89. The van der Waals surface area contributed by atoms with Crippen LogP contribution in [0.5, 0.6) is 5.75 Å². The number of halogens is 1. The van der Waals surface area contributed by atoms with Gasteiger partial charge in [0, 0.05) is 5.69 Å². The zero-order chi connectivity index (χ0) is 13.7. The topological polar surface area (TPSA) is 38.3 Å². The van der Waals surface area contributed by atoms with Crippen molar-refractivity contribution in [3.8, 4) is 5.75 Å². The number of ether oxygens (including phenoxy) is 1. The number of amides is 1. The number of rotatable bonds is 4. The van der Waals surface area contributed by atoms with E-state index < -0.39 is 0 Å². The smallest absolute Gasteiger partial charge is 0.262 e. The first kappa shape index (κ1) is 13.6. The normalized spacial score (nSPS) is 10.0. The van der Waals surface area contributed by atoms with Crippen LogP contribution in [0, 0.1) is 6.92 Å². The summed E-state index contributed by atoms with van der Waals surface area (Å²) in [5.74, 6) is 0.479. The third kappa shape index (κ3) is 4.10. The number of carbonyl (C=O) groups is 1. The SMILES string of the molecule is Cc1ccc(OCC(=O)Nc2ccccc2)c(Br)c1. The second kappa shape index (κ2) is 6.38. The van der Waals surface area contributed by atoms with E-state index in [1.807, 2.05) is 55.5 Å². The highest BCUT2D eigenvalue weighted by molar-refractivity contribution is 9.10. The predicted molar refractivity (Wildman–Crippen MR) is 79.4 cm³/mol. The van der Waals surface area contributed by atoms with E-state index in [1.165, 1.54) is 0 Å². The third-order valence-electron chi connectivity index (χ3n) is 2.50. The van der Waals surface area contributed by atoms with E-state index in [0.717, 1.165) is 15.7 Å². The van der Waals surface area contributed by atoms with E-state index in [4.69, 9.17) is 4.74 Å². The first-order chi connectivity index (χ1) is 9.15. The molecule has 1 amide bonds. The van der Waals surface area contributed by atoms with Crippen LogP contribution in [0.3, 0.4) is 0 Å². The van der Waals surface area contributed by atoms with E-state index in [9.17, 15) is 4.79 Å². The van der Waals surface area contributed by atoms with Gasteiger partial charge in [-0.25, -0.2) is 0 Å². The Morgan fingerprint density at radius 1 is 1.21 bits per heavy atom. The number of carbonyl (C=O) groups excluding carboxylic acids is 1. The minimum absolute atomic E-state index is 0.0173. The van der Waals surface area contributed by atoms with Gasteiger partial charge in [-0.05, 0) is 52.7 Å². The lowest BCUT2D eigenvalue weighted by atomic mass is 10.2. The van der Waals surface area contributed by atoms with Crippen LogP contribution in [0.4, 0.5) is 5.69 Å². The van der Waals surface area contributed by atoms with Crippen molar-refractivity contribution < 1.29 is 9.53 Å². The Balaban J connectivity index is 1.90. The minimum atomic E-state index is -0.182.